The number of benzene rings is 1. The molecule has 0 fully saturated rings. The second-order valence-corrected chi connectivity index (χ2v) is 2.94. The third-order valence-electron chi connectivity index (χ3n) is 1.96. The summed E-state index contributed by atoms with van der Waals surface area (Å²) in [7, 11) is 1.63. The zero-order valence-electron chi connectivity index (χ0n) is 7.90. The zero-order valence-corrected chi connectivity index (χ0v) is 7.90. The molecular formula is C10H12FNO2. The van der Waals surface area contributed by atoms with E-state index in [0.717, 1.165) is 0 Å². The third-order valence-corrected chi connectivity index (χ3v) is 1.96. The van der Waals surface area contributed by atoms with Crippen LogP contribution in [0.15, 0.2) is 18.2 Å². The summed E-state index contributed by atoms with van der Waals surface area (Å²) in [4.78, 5) is 12.1. The van der Waals surface area contributed by atoms with E-state index in [1.54, 1.807) is 13.1 Å². The van der Waals surface area contributed by atoms with Gasteiger partial charge in [0.1, 0.15) is 5.82 Å². The number of para-hydroxylation sites is 1. The van der Waals surface area contributed by atoms with E-state index in [0.29, 0.717) is 18.4 Å². The first-order valence-corrected chi connectivity index (χ1v) is 4.26. The monoisotopic (exact) mass is 197 g/mol. The van der Waals surface area contributed by atoms with Crippen LogP contribution < -0.4 is 4.90 Å². The van der Waals surface area contributed by atoms with Crippen molar-refractivity contribution < 1.29 is 14.3 Å². The maximum absolute atomic E-state index is 13.3. The number of hydrogen-bond donors (Lipinski definition) is 1. The summed E-state index contributed by atoms with van der Waals surface area (Å²) in [5.41, 5.74) is 0.525. The van der Waals surface area contributed by atoms with Crippen LogP contribution in [-0.4, -0.2) is 31.6 Å². The molecule has 14 heavy (non-hydrogen) atoms. The molecule has 1 rings (SSSR count). The van der Waals surface area contributed by atoms with Crippen molar-refractivity contribution in [3.8, 4) is 0 Å². The molecule has 0 bridgehead atoms. The number of nitrogens with zero attached hydrogens (tertiary/aromatic N) is 1. The maximum atomic E-state index is 13.3. The Morgan fingerprint density at radius 3 is 2.86 bits per heavy atom. The van der Waals surface area contributed by atoms with Crippen LogP contribution in [0.4, 0.5) is 10.1 Å². The van der Waals surface area contributed by atoms with Crippen LogP contribution >= 0.6 is 0 Å². The molecule has 0 aromatic heterocycles. The van der Waals surface area contributed by atoms with E-state index in [-0.39, 0.29) is 12.3 Å². The van der Waals surface area contributed by atoms with Crippen LogP contribution in [0.25, 0.3) is 0 Å². The predicted octanol–water partition coefficient (Wildman–Crippen LogP) is 1.07. The fourth-order valence-corrected chi connectivity index (χ4v) is 1.29. The van der Waals surface area contributed by atoms with Crippen LogP contribution in [0, 0.1) is 5.82 Å². The first-order valence-electron chi connectivity index (χ1n) is 4.26. The standard InChI is InChI=1S/C10H12FNO2/c1-12(5-6-13)10-8(7-14)3-2-4-9(10)11/h2-4,7,13H,5-6H2,1H3. The molecule has 1 aromatic rings. The number of likely N-dealkylation sites (N-methyl/N-ethyl adjacent to an activating group) is 1. The van der Waals surface area contributed by atoms with E-state index >= 15 is 0 Å². The zero-order chi connectivity index (χ0) is 10.6. The summed E-state index contributed by atoms with van der Waals surface area (Å²) in [6, 6.07) is 4.31. The van der Waals surface area contributed by atoms with Crippen LogP contribution in [-0.2, 0) is 0 Å². The molecule has 4 heteroatoms. The lowest BCUT2D eigenvalue weighted by atomic mass is 10.1. The van der Waals surface area contributed by atoms with E-state index in [1.165, 1.54) is 17.0 Å². The lowest BCUT2D eigenvalue weighted by Crippen LogP contribution is -2.23. The van der Waals surface area contributed by atoms with Crippen molar-refractivity contribution in [3.63, 3.8) is 0 Å². The summed E-state index contributed by atoms with van der Waals surface area (Å²) in [5, 5.41) is 8.70. The van der Waals surface area contributed by atoms with Gasteiger partial charge in [0.2, 0.25) is 0 Å². The predicted molar refractivity (Wildman–Crippen MR) is 52.1 cm³/mol. The Bertz CT molecular complexity index is 328. The molecule has 0 amide bonds. The molecule has 0 spiro atoms. The molecule has 0 atom stereocenters. The fraction of sp³-hybridized carbons (Fsp3) is 0.300. The van der Waals surface area contributed by atoms with E-state index < -0.39 is 5.82 Å². The average molecular weight is 197 g/mol. The van der Waals surface area contributed by atoms with Gasteiger partial charge in [-0.2, -0.15) is 0 Å². The van der Waals surface area contributed by atoms with Gasteiger partial charge in [-0.3, -0.25) is 4.79 Å². The highest BCUT2D eigenvalue weighted by atomic mass is 19.1. The smallest absolute Gasteiger partial charge is 0.152 e. The third kappa shape index (κ3) is 2.09. The number of rotatable bonds is 4. The number of aliphatic hydroxyl groups excluding tert-OH is 1. The number of hydrogen-bond acceptors (Lipinski definition) is 3. The van der Waals surface area contributed by atoms with Crippen molar-refractivity contribution in [2.45, 2.75) is 0 Å². The average Bonchev–Trinajstić information content (AvgIpc) is 2.17. The molecule has 1 aromatic carbocycles. The largest absolute Gasteiger partial charge is 0.395 e. The summed E-state index contributed by atoms with van der Waals surface area (Å²) >= 11 is 0. The Labute approximate surface area is 81.8 Å². The maximum Gasteiger partial charge on any atom is 0.152 e. The quantitative estimate of drug-likeness (QED) is 0.734. The minimum Gasteiger partial charge on any atom is -0.395 e. The van der Waals surface area contributed by atoms with Crippen LogP contribution in [0.5, 0.6) is 0 Å². The molecule has 0 heterocycles. The minimum atomic E-state index is -0.453. The van der Waals surface area contributed by atoms with Crippen molar-refractivity contribution in [1.82, 2.24) is 0 Å². The van der Waals surface area contributed by atoms with Crippen molar-refractivity contribution in [2.75, 3.05) is 25.1 Å². The minimum absolute atomic E-state index is 0.0802. The van der Waals surface area contributed by atoms with Crippen LogP contribution in [0.2, 0.25) is 0 Å². The Kier molecular flexibility index (Phi) is 3.59. The van der Waals surface area contributed by atoms with Gasteiger partial charge in [0.25, 0.3) is 0 Å². The topological polar surface area (TPSA) is 40.5 Å². The molecule has 0 aliphatic rings. The second kappa shape index (κ2) is 4.72. The number of carbonyl (C=O) groups excluding carboxylic acids is 1. The number of halogens is 1. The number of aliphatic hydroxyl groups is 1. The Balaban J connectivity index is 3.09. The van der Waals surface area contributed by atoms with E-state index in [4.69, 9.17) is 5.11 Å². The van der Waals surface area contributed by atoms with Crippen molar-refractivity contribution in [1.29, 1.82) is 0 Å². The molecule has 0 aliphatic heterocycles. The number of aldehydes is 1. The van der Waals surface area contributed by atoms with Crippen molar-refractivity contribution >= 4 is 12.0 Å². The van der Waals surface area contributed by atoms with Gasteiger partial charge in [-0.05, 0) is 12.1 Å². The van der Waals surface area contributed by atoms with Crippen molar-refractivity contribution in [3.05, 3.63) is 29.6 Å². The van der Waals surface area contributed by atoms with Crippen LogP contribution in [0.1, 0.15) is 10.4 Å². The first-order chi connectivity index (χ1) is 6.70. The number of carbonyl (C=O) groups is 1. The van der Waals surface area contributed by atoms with E-state index in [9.17, 15) is 9.18 Å². The highest BCUT2D eigenvalue weighted by Gasteiger charge is 2.11. The van der Waals surface area contributed by atoms with Gasteiger partial charge in [-0.15, -0.1) is 0 Å². The molecule has 0 unspecified atom stereocenters. The highest BCUT2D eigenvalue weighted by Crippen LogP contribution is 2.21. The lowest BCUT2D eigenvalue weighted by Gasteiger charge is -2.20. The summed E-state index contributed by atoms with van der Waals surface area (Å²) < 4.78 is 13.3. The highest BCUT2D eigenvalue weighted by molar-refractivity contribution is 5.84. The first kappa shape index (κ1) is 10.7. The van der Waals surface area contributed by atoms with Gasteiger partial charge in [-0.1, -0.05) is 6.07 Å². The molecule has 1 N–H and O–H groups in total. The molecule has 3 nitrogen and oxygen atoms in total. The molecule has 0 saturated carbocycles. The molecule has 0 saturated heterocycles. The molecular weight excluding hydrogens is 185 g/mol. The van der Waals surface area contributed by atoms with E-state index in [1.807, 2.05) is 0 Å². The van der Waals surface area contributed by atoms with Gasteiger partial charge < -0.3 is 10.0 Å². The molecule has 0 radical (unpaired) electrons. The lowest BCUT2D eigenvalue weighted by molar-refractivity contribution is 0.112. The Hall–Kier alpha value is -1.42. The van der Waals surface area contributed by atoms with Gasteiger partial charge in [0, 0.05) is 19.2 Å². The number of anilines is 1. The van der Waals surface area contributed by atoms with Gasteiger partial charge in [0.05, 0.1) is 12.3 Å². The molecule has 0 aliphatic carbocycles. The summed E-state index contributed by atoms with van der Waals surface area (Å²) in [5.74, 6) is -0.453. The molecule has 76 valence electrons. The van der Waals surface area contributed by atoms with E-state index in [2.05, 4.69) is 0 Å². The summed E-state index contributed by atoms with van der Waals surface area (Å²) in [6.07, 6.45) is 0.603. The Morgan fingerprint density at radius 1 is 1.57 bits per heavy atom. The van der Waals surface area contributed by atoms with Crippen molar-refractivity contribution in [2.24, 2.45) is 0 Å². The van der Waals surface area contributed by atoms with Gasteiger partial charge in [0.15, 0.2) is 6.29 Å². The Morgan fingerprint density at radius 2 is 2.29 bits per heavy atom. The summed E-state index contributed by atoms with van der Waals surface area (Å²) in [6.45, 7) is 0.213. The second-order valence-electron chi connectivity index (χ2n) is 2.94. The van der Waals surface area contributed by atoms with Gasteiger partial charge >= 0.3 is 0 Å². The fourth-order valence-electron chi connectivity index (χ4n) is 1.29. The van der Waals surface area contributed by atoms with Gasteiger partial charge in [-0.25, -0.2) is 4.39 Å². The van der Waals surface area contributed by atoms with Crippen LogP contribution in [0.3, 0.4) is 0 Å². The SMILES string of the molecule is CN(CCO)c1c(F)cccc1C=O. The normalized spacial score (nSPS) is 9.93.